The van der Waals surface area contributed by atoms with E-state index in [1.54, 1.807) is 0 Å². The van der Waals surface area contributed by atoms with E-state index < -0.39 is 5.97 Å². The Balaban J connectivity index is 2.40. The number of nitrogens with zero attached hydrogens (tertiary/aromatic N) is 2. The average Bonchev–Trinajstić information content (AvgIpc) is 2.29. The molecule has 0 bridgehead atoms. The van der Waals surface area contributed by atoms with Gasteiger partial charge in [-0.3, -0.25) is 14.6 Å². The van der Waals surface area contributed by atoms with Crippen LogP contribution in [0.4, 0.5) is 5.82 Å². The predicted octanol–water partition coefficient (Wildman–Crippen LogP) is -0.838. The van der Waals surface area contributed by atoms with E-state index in [2.05, 4.69) is 20.0 Å². The maximum Gasteiger partial charge on any atom is 0.306 e. The number of amides is 1. The van der Waals surface area contributed by atoms with Gasteiger partial charge in [0, 0.05) is 18.2 Å². The SMILES string of the molecule is [B]c1cnc(NC(=O)CCC(=O)OC)cn1. The third-order valence-electron chi connectivity index (χ3n) is 1.72. The Kier molecular flexibility index (Phi) is 4.44. The van der Waals surface area contributed by atoms with Crippen LogP contribution in [0.15, 0.2) is 12.4 Å². The van der Waals surface area contributed by atoms with Gasteiger partial charge in [-0.2, -0.15) is 0 Å². The van der Waals surface area contributed by atoms with Crippen LogP contribution in [0.3, 0.4) is 0 Å². The van der Waals surface area contributed by atoms with Crippen LogP contribution >= 0.6 is 0 Å². The lowest BCUT2D eigenvalue weighted by Gasteiger charge is -2.03. The molecule has 0 aliphatic rings. The van der Waals surface area contributed by atoms with Crippen LogP contribution in [0.25, 0.3) is 0 Å². The monoisotopic (exact) mass is 219 g/mol. The van der Waals surface area contributed by atoms with Gasteiger partial charge in [0.1, 0.15) is 7.85 Å². The molecule has 82 valence electrons. The topological polar surface area (TPSA) is 81.2 Å². The van der Waals surface area contributed by atoms with Gasteiger partial charge < -0.3 is 10.1 Å². The van der Waals surface area contributed by atoms with E-state index in [0.29, 0.717) is 5.82 Å². The molecule has 0 saturated heterocycles. The lowest BCUT2D eigenvalue weighted by molar-refractivity contribution is -0.141. The lowest BCUT2D eigenvalue weighted by Crippen LogP contribution is -2.17. The van der Waals surface area contributed by atoms with E-state index in [9.17, 15) is 9.59 Å². The van der Waals surface area contributed by atoms with Gasteiger partial charge in [-0.15, -0.1) is 0 Å². The van der Waals surface area contributed by atoms with E-state index in [0.717, 1.165) is 0 Å². The van der Waals surface area contributed by atoms with Crippen LogP contribution in [0, 0.1) is 0 Å². The molecule has 0 unspecified atom stereocenters. The number of aromatic nitrogens is 2. The molecule has 1 aromatic rings. The Hall–Kier alpha value is -1.92. The zero-order chi connectivity index (χ0) is 12.0. The van der Waals surface area contributed by atoms with Crippen molar-refractivity contribution in [2.24, 2.45) is 0 Å². The molecule has 0 spiro atoms. The Labute approximate surface area is 93.8 Å². The highest BCUT2D eigenvalue weighted by molar-refractivity contribution is 6.30. The molecule has 2 radical (unpaired) electrons. The molecule has 16 heavy (non-hydrogen) atoms. The fourth-order valence-electron chi connectivity index (χ4n) is 0.926. The predicted molar refractivity (Wildman–Crippen MR) is 57.3 cm³/mol. The molecule has 0 fully saturated rings. The van der Waals surface area contributed by atoms with E-state index in [4.69, 9.17) is 7.85 Å². The summed E-state index contributed by atoms with van der Waals surface area (Å²) < 4.78 is 4.40. The van der Waals surface area contributed by atoms with Gasteiger partial charge in [0.05, 0.1) is 19.7 Å². The van der Waals surface area contributed by atoms with Crippen LogP contribution in [-0.4, -0.2) is 36.8 Å². The number of anilines is 1. The van der Waals surface area contributed by atoms with Gasteiger partial charge in [0.15, 0.2) is 5.82 Å². The van der Waals surface area contributed by atoms with Gasteiger partial charge >= 0.3 is 5.97 Å². The van der Waals surface area contributed by atoms with Gasteiger partial charge in [0.2, 0.25) is 5.91 Å². The highest BCUT2D eigenvalue weighted by atomic mass is 16.5. The molecule has 0 aromatic carbocycles. The van der Waals surface area contributed by atoms with Crippen molar-refractivity contribution in [1.29, 1.82) is 0 Å². The standard InChI is InChI=1S/C9H10BN3O3/c1-16-9(15)3-2-8(14)13-7-5-11-6(10)4-12-7/h4-5H,2-3H2,1H3,(H,12,13,14). The summed E-state index contributed by atoms with van der Waals surface area (Å²) in [6.45, 7) is 0. The van der Waals surface area contributed by atoms with Crippen molar-refractivity contribution in [2.75, 3.05) is 12.4 Å². The van der Waals surface area contributed by atoms with Crippen molar-refractivity contribution in [2.45, 2.75) is 12.8 Å². The van der Waals surface area contributed by atoms with E-state index >= 15 is 0 Å². The molecule has 0 aliphatic carbocycles. The van der Waals surface area contributed by atoms with Gasteiger partial charge in [-0.25, -0.2) is 4.98 Å². The van der Waals surface area contributed by atoms with E-state index in [1.807, 2.05) is 0 Å². The molecular formula is C9H10BN3O3. The van der Waals surface area contributed by atoms with Crippen molar-refractivity contribution >= 4 is 31.1 Å². The second-order valence-electron chi connectivity index (χ2n) is 2.95. The number of hydrogen-bond acceptors (Lipinski definition) is 5. The molecular weight excluding hydrogens is 209 g/mol. The minimum atomic E-state index is -0.432. The maximum absolute atomic E-state index is 11.3. The lowest BCUT2D eigenvalue weighted by atomic mass is 10.1. The third-order valence-corrected chi connectivity index (χ3v) is 1.72. The molecule has 1 aromatic heterocycles. The molecule has 0 saturated carbocycles. The highest BCUT2D eigenvalue weighted by Crippen LogP contribution is 1.99. The number of esters is 1. The van der Waals surface area contributed by atoms with Gasteiger partial charge in [-0.1, -0.05) is 0 Å². The summed E-state index contributed by atoms with van der Waals surface area (Å²) in [6.07, 6.45) is 2.74. The van der Waals surface area contributed by atoms with Crippen molar-refractivity contribution in [1.82, 2.24) is 9.97 Å². The first-order valence-electron chi connectivity index (χ1n) is 4.56. The molecule has 0 atom stereocenters. The zero-order valence-electron chi connectivity index (χ0n) is 8.77. The molecule has 6 nitrogen and oxygen atoms in total. The molecule has 1 N–H and O–H groups in total. The average molecular weight is 219 g/mol. The highest BCUT2D eigenvalue weighted by Gasteiger charge is 2.07. The minimum Gasteiger partial charge on any atom is -0.469 e. The summed E-state index contributed by atoms with van der Waals surface area (Å²) in [7, 11) is 6.60. The summed E-state index contributed by atoms with van der Waals surface area (Å²) in [6, 6.07) is 0. The molecule has 0 aliphatic heterocycles. The number of carbonyl (C=O) groups excluding carboxylic acids is 2. The molecule has 7 heteroatoms. The molecule has 1 amide bonds. The van der Waals surface area contributed by atoms with Crippen LogP contribution < -0.4 is 10.9 Å². The van der Waals surface area contributed by atoms with E-state index in [1.165, 1.54) is 19.5 Å². The summed E-state index contributed by atoms with van der Waals surface area (Å²) in [4.78, 5) is 29.6. The minimum absolute atomic E-state index is 0.0325. The largest absolute Gasteiger partial charge is 0.469 e. The zero-order valence-corrected chi connectivity index (χ0v) is 8.77. The summed E-state index contributed by atoms with van der Waals surface area (Å²) in [5, 5.41) is 2.47. The normalized spacial score (nSPS) is 9.56. The Morgan fingerprint density at radius 2 is 2.12 bits per heavy atom. The first-order chi connectivity index (χ1) is 7.61. The number of rotatable bonds is 4. The first kappa shape index (κ1) is 12.2. The second-order valence-corrected chi connectivity index (χ2v) is 2.95. The summed E-state index contributed by atoms with van der Waals surface area (Å²) in [5.41, 5.74) is 0.271. The first-order valence-corrected chi connectivity index (χ1v) is 4.56. The van der Waals surface area contributed by atoms with Crippen LogP contribution in [0.5, 0.6) is 0 Å². The fourth-order valence-corrected chi connectivity index (χ4v) is 0.926. The van der Waals surface area contributed by atoms with Crippen LogP contribution in [0.2, 0.25) is 0 Å². The number of nitrogens with one attached hydrogen (secondary N) is 1. The van der Waals surface area contributed by atoms with Crippen molar-refractivity contribution in [3.8, 4) is 0 Å². The number of hydrogen-bond donors (Lipinski definition) is 1. The van der Waals surface area contributed by atoms with Gasteiger partial charge in [-0.05, 0) is 0 Å². The third kappa shape index (κ3) is 4.08. The van der Waals surface area contributed by atoms with Gasteiger partial charge in [0.25, 0.3) is 0 Å². The fraction of sp³-hybridized carbons (Fsp3) is 0.333. The Bertz CT molecular complexity index is 380. The summed E-state index contributed by atoms with van der Waals surface area (Å²) >= 11 is 0. The smallest absolute Gasteiger partial charge is 0.306 e. The number of ether oxygens (including phenoxy) is 1. The quantitative estimate of drug-likeness (QED) is 0.527. The number of methoxy groups -OCH3 is 1. The maximum atomic E-state index is 11.3. The van der Waals surface area contributed by atoms with Crippen molar-refractivity contribution in [3.05, 3.63) is 12.4 Å². The molecule has 1 rings (SSSR count). The van der Waals surface area contributed by atoms with Crippen LogP contribution in [0.1, 0.15) is 12.8 Å². The Morgan fingerprint density at radius 3 is 2.69 bits per heavy atom. The number of carbonyl (C=O) groups is 2. The van der Waals surface area contributed by atoms with Crippen molar-refractivity contribution in [3.63, 3.8) is 0 Å². The second kappa shape index (κ2) is 5.84. The Morgan fingerprint density at radius 1 is 1.38 bits per heavy atom. The van der Waals surface area contributed by atoms with Crippen LogP contribution in [-0.2, 0) is 14.3 Å². The molecule has 1 heterocycles. The van der Waals surface area contributed by atoms with E-state index in [-0.39, 0.29) is 24.3 Å². The summed E-state index contributed by atoms with van der Waals surface area (Å²) in [5.74, 6) is -0.466. The van der Waals surface area contributed by atoms with Crippen molar-refractivity contribution < 1.29 is 14.3 Å².